The Kier molecular flexibility index (Phi) is 35.7. The van der Waals surface area contributed by atoms with Gasteiger partial charge in [0, 0.05) is 137 Å². The second-order valence-corrected chi connectivity index (χ2v) is 48.5. The molecule has 7 fully saturated rings. The summed E-state index contributed by atoms with van der Waals surface area (Å²) in [5.74, 6) is -1.36. The summed E-state index contributed by atoms with van der Waals surface area (Å²) < 4.78 is 131. The minimum absolute atomic E-state index is 0.0723. The van der Waals surface area contributed by atoms with E-state index in [1.807, 2.05) is 145 Å². The Labute approximate surface area is 914 Å². The lowest BCUT2D eigenvalue weighted by molar-refractivity contribution is -0.126. The van der Waals surface area contributed by atoms with Crippen LogP contribution in [0, 0.1) is 23.3 Å². The van der Waals surface area contributed by atoms with E-state index in [4.69, 9.17) is 141 Å². The van der Waals surface area contributed by atoms with Crippen LogP contribution in [0.4, 0.5) is 69.4 Å². The molecule has 0 spiro atoms. The highest BCUT2D eigenvalue weighted by molar-refractivity contribution is 9.10. The molecule has 4 aromatic carbocycles. The fourth-order valence-corrected chi connectivity index (χ4v) is 21.5. The number of aromatic nitrogens is 7. The summed E-state index contributed by atoms with van der Waals surface area (Å²) >= 11 is 54.7. The molecule has 0 unspecified atom stereocenters. The molecule has 7 aliphatic heterocycles. The van der Waals surface area contributed by atoms with Crippen LogP contribution in [0.2, 0.25) is 35.2 Å². The van der Waals surface area contributed by atoms with Crippen LogP contribution in [-0.2, 0) is 46.9 Å². The maximum Gasteiger partial charge on any atom is 0.499 e. The zero-order chi connectivity index (χ0) is 107. The minimum atomic E-state index is -0.908. The van der Waals surface area contributed by atoms with Crippen LogP contribution in [-0.4, -0.2) is 252 Å². The second kappa shape index (κ2) is 45.2. The third-order valence-corrected chi connectivity index (χ3v) is 33.2. The highest BCUT2D eigenvalue weighted by atomic mass is 79.9. The number of piperazine rings is 4. The van der Waals surface area contributed by atoms with Gasteiger partial charge in [-0.15, -0.1) is 0 Å². The van der Waals surface area contributed by atoms with Crippen molar-refractivity contribution in [1.29, 1.82) is 0 Å². The lowest BCUT2D eigenvalue weighted by Crippen LogP contribution is -2.50. The van der Waals surface area contributed by atoms with Gasteiger partial charge < -0.3 is 98.5 Å². The highest BCUT2D eigenvalue weighted by Crippen LogP contribution is 2.49. The van der Waals surface area contributed by atoms with Gasteiger partial charge in [0.1, 0.15) is 80.9 Å². The number of hydrogen-bond acceptors (Lipinski definition) is 31. The van der Waals surface area contributed by atoms with Gasteiger partial charge in [-0.05, 0) is 290 Å². The first-order chi connectivity index (χ1) is 67.9. The third-order valence-electron chi connectivity index (χ3n) is 25.6. The van der Waals surface area contributed by atoms with Crippen LogP contribution in [0.25, 0.3) is 66.1 Å². The smallest absolute Gasteiger partial charge is 0.444 e. The molecular weight excluding hydrogens is 2250 g/mol. The average Bonchev–Trinajstić information content (AvgIpc) is 1.58. The number of halogens is 13. The molecule has 7 saturated heterocycles. The molecule has 51 heteroatoms. The monoisotopic (exact) mass is 2350 g/mol. The van der Waals surface area contributed by atoms with Crippen LogP contribution in [0.5, 0.6) is 0 Å². The molecule has 0 saturated carbocycles. The van der Waals surface area contributed by atoms with E-state index in [1.165, 1.54) is 64.3 Å². The first kappa shape index (κ1) is 115. The number of nitrogens with zero attached hydrogens (tertiary/aromatic N) is 15. The third kappa shape index (κ3) is 26.0. The van der Waals surface area contributed by atoms with Crippen molar-refractivity contribution >= 4 is 291 Å². The standard InChI is InChI=1S/C22H30BClFN3O4S.C21H22Cl2FN5O2S.C19H16Cl2FN5OS.C16H18BrClFN3O2S.C12H24B2O4.C5H4BrClN2/c1-20(2,3)30-19(29)28-10-8-27(9-11-28)18-13-12-14(24)15(16(25)17(13)26-33-18)23-31-21(4,5)22(6,7)32-23;1-21(2,3)31-20(30)29-8-6-28(7-9-29)19-11-10-13(23)15(16(24)17(11)27-32-19)18-12(22)4-5-14(25)26-18;1-2-14(28)26-5-7-27(8-6-26)19-10-9-12(21)15(16(22)17(10)25-29-19)18-11(20)3-4-13(23)24-18;1-16(2,3)24-15(23)22-6-4-21(5-7-22)14-9-8-10(18)11(17)12(19)13(9)20-25-14;1-9(2)10(3,4)16-13(15-9)14-17-11(5,6)12(7,8)18-14;6-5-3(7)1-2-4(8)9-5/h12H,8-11H2,1-7H3;4-5,10H,6-9H2,1-3H3,(H2,25,26);2-4,9H,1,5-8H2,(H2,23,24);8H,4-7H2,1-3H3;1-8H3;1-2H,(H2,8,9). The first-order valence-electron chi connectivity index (χ1n) is 46.5. The van der Waals surface area contributed by atoms with Gasteiger partial charge in [-0.3, -0.25) is 4.79 Å². The van der Waals surface area contributed by atoms with Crippen molar-refractivity contribution in [3.8, 4) is 22.5 Å². The van der Waals surface area contributed by atoms with E-state index < -0.39 is 72.4 Å². The van der Waals surface area contributed by atoms with Gasteiger partial charge in [-0.1, -0.05) is 87.8 Å². The lowest BCUT2D eigenvalue weighted by atomic mass is 9.49. The molecule has 0 atom stereocenters. The second-order valence-electron chi connectivity index (χ2n) is 41.1. The number of carbonyl (C=O) groups excluding carboxylic acids is 4. The number of pyridine rings is 3. The van der Waals surface area contributed by atoms with Gasteiger partial charge in [-0.2, -0.15) is 17.5 Å². The molecule has 6 N–H and O–H groups in total. The summed E-state index contributed by atoms with van der Waals surface area (Å²) in [7, 11) is -1.86. The van der Waals surface area contributed by atoms with Gasteiger partial charge in [-0.25, -0.2) is 46.9 Å². The number of carbonyl (C=O) groups is 4. The summed E-state index contributed by atoms with van der Waals surface area (Å²) in [5, 5.41) is 7.84. The van der Waals surface area contributed by atoms with Gasteiger partial charge in [0.2, 0.25) is 5.91 Å². The van der Waals surface area contributed by atoms with Crippen LogP contribution >= 0.6 is 159 Å². The lowest BCUT2D eigenvalue weighted by Gasteiger charge is -2.36. The molecule has 786 valence electrons. The molecule has 0 aliphatic carbocycles. The number of ether oxygens (including phenoxy) is 3. The Bertz CT molecular complexity index is 6660. The fourth-order valence-electron chi connectivity index (χ4n) is 15.7. The minimum Gasteiger partial charge on any atom is -0.444 e. The molecule has 0 radical (unpaired) electrons. The van der Waals surface area contributed by atoms with Gasteiger partial charge in [0.15, 0.2) is 23.3 Å². The van der Waals surface area contributed by atoms with Crippen molar-refractivity contribution in [2.45, 2.75) is 196 Å². The summed E-state index contributed by atoms with van der Waals surface area (Å²) in [6.45, 7) is 53.0. The molecular formula is C95H114B3Br2Cl7F4N18O13S4. The number of nitrogens with two attached hydrogens (primary N) is 3. The molecule has 0 bridgehead atoms. The zero-order valence-electron chi connectivity index (χ0n) is 84.4. The van der Waals surface area contributed by atoms with E-state index in [-0.39, 0.29) is 132 Å². The van der Waals surface area contributed by atoms with E-state index in [9.17, 15) is 23.6 Å². The number of amides is 4. The summed E-state index contributed by atoms with van der Waals surface area (Å²) in [4.78, 5) is 75.8. The Morgan fingerprint density at radius 3 is 0.945 bits per heavy atom. The van der Waals surface area contributed by atoms with Gasteiger partial charge in [0.05, 0.1) is 90.7 Å². The average molecular weight is 2360 g/mol. The number of anilines is 7. The Hall–Kier alpha value is -7.83. The molecule has 18 rings (SSSR count). The number of nitrogen functional groups attached to an aromatic ring is 3. The van der Waals surface area contributed by atoms with E-state index in [0.717, 1.165) is 20.0 Å². The fraction of sp³-hybridized carbons (Fsp3) is 0.484. The molecule has 7 aliphatic rings. The van der Waals surface area contributed by atoms with Crippen LogP contribution < -0.4 is 42.3 Å². The maximum absolute atomic E-state index is 15.6. The molecule has 31 nitrogen and oxygen atoms in total. The van der Waals surface area contributed by atoms with Crippen molar-refractivity contribution in [2.24, 2.45) is 0 Å². The van der Waals surface area contributed by atoms with Crippen molar-refractivity contribution in [3.63, 3.8) is 0 Å². The summed E-state index contributed by atoms with van der Waals surface area (Å²) in [5.41, 5.74) is 14.2. The predicted octanol–water partition coefficient (Wildman–Crippen LogP) is 23.3. The predicted molar refractivity (Wildman–Crippen MR) is 590 cm³/mol. The van der Waals surface area contributed by atoms with Crippen LogP contribution in [0.15, 0.2) is 82.4 Å². The van der Waals surface area contributed by atoms with E-state index >= 15 is 13.2 Å². The normalized spacial score (nSPS) is 18.0. The number of benzene rings is 4. The molecule has 146 heavy (non-hydrogen) atoms. The van der Waals surface area contributed by atoms with E-state index in [2.05, 4.69) is 90.5 Å². The van der Waals surface area contributed by atoms with Crippen LogP contribution in [0.1, 0.15) is 145 Å². The van der Waals surface area contributed by atoms with E-state index in [1.54, 1.807) is 68.1 Å². The number of fused-ring (bicyclic) bond motifs is 4. The molecule has 11 aromatic rings. The first-order valence-corrected chi connectivity index (χ1v) is 53.8. The highest BCUT2D eigenvalue weighted by Gasteiger charge is 2.64. The zero-order valence-corrected chi connectivity index (χ0v) is 96.1. The maximum atomic E-state index is 15.6. The van der Waals surface area contributed by atoms with Gasteiger partial charge in [0.25, 0.3) is 0 Å². The number of rotatable bonds is 9. The molecule has 7 aromatic heterocycles. The van der Waals surface area contributed by atoms with Crippen molar-refractivity contribution in [3.05, 3.63) is 141 Å². The van der Waals surface area contributed by atoms with E-state index in [0.29, 0.717) is 152 Å². The van der Waals surface area contributed by atoms with Crippen molar-refractivity contribution in [1.82, 2.24) is 52.0 Å². The Morgan fingerprint density at radius 2 is 0.651 bits per heavy atom. The molecule has 4 amide bonds. The van der Waals surface area contributed by atoms with Crippen molar-refractivity contribution in [2.75, 3.05) is 142 Å². The summed E-state index contributed by atoms with van der Waals surface area (Å²) in [6.07, 6.45) is 0.345. The quantitative estimate of drug-likeness (QED) is 0.0302. The SMILES string of the molecule is C=CC(=O)N1CCN(c2snc3c(F)c(-c4nc(N)ccc4Cl)c(Cl)cc23)CC1.CC(C)(C)OC(=O)N1CCN(c2snc3c(F)c(-c4nc(N)ccc4Cl)c(Cl)cc23)CC1.CC(C)(C)OC(=O)N1CCN(c2snc3c(F)c(B4OC(C)(C)C(C)(C)O4)c(Cl)cc23)CC1.CC(C)(C)OC(=O)N1CCN(c2snc3c(F)c(Br)c(Cl)cc23)CC1.CC1(C)OB(B2OC(C)(C)C(C)(C)O2)OC1(C)C.Nc1ccc(Cl)c(Br)n1. The van der Waals surface area contributed by atoms with Gasteiger partial charge >= 0.3 is 39.4 Å². The molecule has 14 heterocycles. The summed E-state index contributed by atoms with van der Waals surface area (Å²) in [6, 6.07) is 16.3. The van der Waals surface area contributed by atoms with Crippen molar-refractivity contribution < 1.29 is 78.9 Å². The Balaban J connectivity index is 0.000000151. The topological polar surface area (TPSA) is 346 Å². The Morgan fingerprint density at radius 1 is 0.384 bits per heavy atom. The number of hydrogen-bond donors (Lipinski definition) is 3. The van der Waals surface area contributed by atoms with Crippen LogP contribution in [0.3, 0.4) is 0 Å². The largest absolute Gasteiger partial charge is 0.499 e.